The van der Waals surface area contributed by atoms with Crippen molar-refractivity contribution in [1.82, 2.24) is 0 Å². The number of carbonyl (C=O) groups is 2. The monoisotopic (exact) mass is 439 g/mol. The van der Waals surface area contributed by atoms with E-state index in [9.17, 15) is 14.7 Å². The summed E-state index contributed by atoms with van der Waals surface area (Å²) >= 11 is 0. The number of anilines is 1. The molecule has 1 N–H and O–H groups in total. The standard InChI is InChI=1S/C25H23NO5.Na/c1-2-3-7-22-24(20-6-4-5-8-21(20)31-22)25(29)26-18-11-9-17-14-19(30-15-23(27)28)12-10-16(17)13-18;/h4-6,8-14H,2-3,7,15H2,1H3,(H,26,29)(H,27,28);/q;+1/p-1. The number of carbonyl (C=O) groups excluding carboxylic acids is 2. The number of rotatable bonds is 8. The summed E-state index contributed by atoms with van der Waals surface area (Å²) in [6, 6.07) is 18.3. The third-order valence-corrected chi connectivity index (χ3v) is 5.08. The summed E-state index contributed by atoms with van der Waals surface area (Å²) in [6.07, 6.45) is 2.66. The predicted octanol–water partition coefficient (Wildman–Crippen LogP) is 1.31. The third-order valence-electron chi connectivity index (χ3n) is 5.08. The molecular formula is C25H22NNaO5. The number of ether oxygens (including phenoxy) is 1. The van der Waals surface area contributed by atoms with Gasteiger partial charge in [-0.2, -0.15) is 0 Å². The van der Waals surface area contributed by atoms with Gasteiger partial charge in [-0.3, -0.25) is 4.79 Å². The van der Waals surface area contributed by atoms with Crippen LogP contribution in [0, 0.1) is 0 Å². The summed E-state index contributed by atoms with van der Waals surface area (Å²) in [4.78, 5) is 23.7. The first kappa shape index (κ1) is 23.9. The smallest absolute Gasteiger partial charge is 0.546 e. The Morgan fingerprint density at radius 3 is 2.56 bits per heavy atom. The van der Waals surface area contributed by atoms with Gasteiger partial charge in [-0.05, 0) is 47.5 Å². The van der Waals surface area contributed by atoms with Gasteiger partial charge >= 0.3 is 29.6 Å². The zero-order chi connectivity index (χ0) is 21.8. The molecule has 0 fully saturated rings. The molecule has 0 bridgehead atoms. The van der Waals surface area contributed by atoms with E-state index in [0.717, 1.165) is 29.0 Å². The summed E-state index contributed by atoms with van der Waals surface area (Å²) in [6.45, 7) is 1.60. The molecule has 0 saturated carbocycles. The van der Waals surface area contributed by atoms with Gasteiger partial charge < -0.3 is 24.4 Å². The molecule has 0 aliphatic heterocycles. The Bertz CT molecular complexity index is 1260. The van der Waals surface area contributed by atoms with Gasteiger partial charge in [-0.25, -0.2) is 0 Å². The van der Waals surface area contributed by atoms with Crippen LogP contribution in [0.1, 0.15) is 35.9 Å². The number of aliphatic carboxylic acids is 1. The van der Waals surface area contributed by atoms with Crippen LogP contribution in [0.25, 0.3) is 21.7 Å². The van der Waals surface area contributed by atoms with E-state index in [0.29, 0.717) is 34.8 Å². The van der Waals surface area contributed by atoms with E-state index >= 15 is 0 Å². The number of nitrogens with one attached hydrogen (secondary N) is 1. The van der Waals surface area contributed by atoms with Gasteiger partial charge in [0.15, 0.2) is 0 Å². The summed E-state index contributed by atoms with van der Waals surface area (Å²) in [5.74, 6) is -0.331. The molecule has 4 rings (SSSR count). The number of amides is 1. The van der Waals surface area contributed by atoms with E-state index in [4.69, 9.17) is 9.15 Å². The second-order valence-corrected chi connectivity index (χ2v) is 7.34. The minimum Gasteiger partial charge on any atom is -0.546 e. The summed E-state index contributed by atoms with van der Waals surface area (Å²) in [7, 11) is 0. The number of para-hydroxylation sites is 1. The molecule has 1 amide bonds. The van der Waals surface area contributed by atoms with Crippen molar-refractivity contribution in [1.29, 1.82) is 0 Å². The molecule has 0 aliphatic carbocycles. The molecule has 0 atom stereocenters. The number of aryl methyl sites for hydroxylation is 1. The molecule has 158 valence electrons. The normalized spacial score (nSPS) is 10.7. The van der Waals surface area contributed by atoms with Gasteiger partial charge in [0.1, 0.15) is 23.7 Å². The fourth-order valence-corrected chi connectivity index (χ4v) is 3.59. The van der Waals surface area contributed by atoms with Crippen LogP contribution < -0.4 is 44.7 Å². The van der Waals surface area contributed by atoms with Crippen LogP contribution >= 0.6 is 0 Å². The van der Waals surface area contributed by atoms with E-state index in [1.54, 1.807) is 18.2 Å². The quantitative estimate of drug-likeness (QED) is 0.418. The Balaban J connectivity index is 0.00000289. The number of carboxylic acid groups (broad SMARTS) is 1. The van der Waals surface area contributed by atoms with Gasteiger partial charge in [0.05, 0.1) is 11.5 Å². The zero-order valence-electron chi connectivity index (χ0n) is 18.1. The molecule has 3 aromatic carbocycles. The maximum atomic E-state index is 13.2. The third kappa shape index (κ3) is 5.33. The van der Waals surface area contributed by atoms with Gasteiger partial charge in [0, 0.05) is 17.5 Å². The number of hydrogen-bond acceptors (Lipinski definition) is 5. The van der Waals surface area contributed by atoms with E-state index in [-0.39, 0.29) is 35.5 Å². The van der Waals surface area contributed by atoms with Crippen molar-refractivity contribution in [3.8, 4) is 5.75 Å². The van der Waals surface area contributed by atoms with Gasteiger partial charge in [0.2, 0.25) is 0 Å². The SMILES string of the molecule is CCCCc1oc2ccccc2c1C(=O)Nc1ccc2cc(OCC(=O)[O-])ccc2c1.[Na+]. The molecule has 1 heterocycles. The van der Waals surface area contributed by atoms with Crippen molar-refractivity contribution in [2.75, 3.05) is 11.9 Å². The van der Waals surface area contributed by atoms with Gasteiger partial charge in [0.25, 0.3) is 5.91 Å². The molecule has 0 saturated heterocycles. The number of fused-ring (bicyclic) bond motifs is 2. The van der Waals surface area contributed by atoms with Gasteiger partial charge in [-0.1, -0.05) is 43.7 Å². The maximum absolute atomic E-state index is 13.2. The number of hydrogen-bond donors (Lipinski definition) is 1. The summed E-state index contributed by atoms with van der Waals surface area (Å²) in [5, 5.41) is 16.1. The first-order valence-electron chi connectivity index (χ1n) is 10.2. The van der Waals surface area contributed by atoms with Crippen molar-refractivity contribution in [2.45, 2.75) is 26.2 Å². The second-order valence-electron chi connectivity index (χ2n) is 7.34. The largest absolute Gasteiger partial charge is 1.00 e. The average Bonchev–Trinajstić information content (AvgIpc) is 3.14. The minimum absolute atomic E-state index is 0. The van der Waals surface area contributed by atoms with Crippen molar-refractivity contribution < 1.29 is 53.4 Å². The number of unbranched alkanes of at least 4 members (excludes halogenated alkanes) is 1. The van der Waals surface area contributed by atoms with Crippen molar-refractivity contribution in [3.05, 3.63) is 72.0 Å². The molecule has 7 heteroatoms. The molecule has 32 heavy (non-hydrogen) atoms. The van der Waals surface area contributed by atoms with Crippen LogP contribution in [0.4, 0.5) is 5.69 Å². The number of carboxylic acids is 1. The second kappa shape index (κ2) is 10.7. The fourth-order valence-electron chi connectivity index (χ4n) is 3.59. The molecule has 6 nitrogen and oxygen atoms in total. The molecular weight excluding hydrogens is 417 g/mol. The van der Waals surface area contributed by atoms with Crippen molar-refractivity contribution >= 4 is 39.3 Å². The molecule has 0 unspecified atom stereocenters. The maximum Gasteiger partial charge on any atom is 1.00 e. The Morgan fingerprint density at radius 2 is 1.78 bits per heavy atom. The van der Waals surface area contributed by atoms with E-state index < -0.39 is 12.6 Å². The Labute approximate surface area is 207 Å². The number of benzene rings is 3. The molecule has 0 radical (unpaired) electrons. The first-order valence-corrected chi connectivity index (χ1v) is 10.2. The van der Waals surface area contributed by atoms with Crippen molar-refractivity contribution in [2.24, 2.45) is 0 Å². The number of furan rings is 1. The van der Waals surface area contributed by atoms with E-state index in [2.05, 4.69) is 12.2 Å². The van der Waals surface area contributed by atoms with E-state index in [1.807, 2.05) is 42.5 Å². The van der Waals surface area contributed by atoms with Crippen LogP contribution in [0.5, 0.6) is 5.75 Å². The predicted molar refractivity (Wildman–Crippen MR) is 117 cm³/mol. The topological polar surface area (TPSA) is 91.6 Å². The van der Waals surface area contributed by atoms with Crippen LogP contribution in [-0.2, 0) is 11.2 Å². The zero-order valence-corrected chi connectivity index (χ0v) is 20.1. The van der Waals surface area contributed by atoms with Crippen LogP contribution in [0.3, 0.4) is 0 Å². The molecule has 1 aromatic heterocycles. The molecule has 0 spiro atoms. The summed E-state index contributed by atoms with van der Waals surface area (Å²) in [5.41, 5.74) is 1.95. The van der Waals surface area contributed by atoms with E-state index in [1.165, 1.54) is 0 Å². The Morgan fingerprint density at radius 1 is 1.03 bits per heavy atom. The Hall–Kier alpha value is -2.80. The first-order chi connectivity index (χ1) is 15.0. The molecule has 0 aliphatic rings. The van der Waals surface area contributed by atoms with Crippen LogP contribution in [0.15, 0.2) is 65.1 Å². The van der Waals surface area contributed by atoms with Gasteiger partial charge in [-0.15, -0.1) is 0 Å². The molecule has 4 aromatic rings. The van der Waals surface area contributed by atoms with Crippen LogP contribution in [-0.4, -0.2) is 18.5 Å². The average molecular weight is 439 g/mol. The summed E-state index contributed by atoms with van der Waals surface area (Å²) < 4.78 is 11.1. The minimum atomic E-state index is -1.27. The Kier molecular flexibility index (Phi) is 7.96. The van der Waals surface area contributed by atoms with Crippen molar-refractivity contribution in [3.63, 3.8) is 0 Å². The fraction of sp³-hybridized carbons (Fsp3) is 0.200. The van der Waals surface area contributed by atoms with Crippen LogP contribution in [0.2, 0.25) is 0 Å².